The van der Waals surface area contributed by atoms with Crippen LogP contribution in [-0.4, -0.2) is 36.5 Å². The van der Waals surface area contributed by atoms with Crippen molar-refractivity contribution in [1.82, 2.24) is 19.6 Å². The number of amides is 1. The standard InChI is InChI=1S/C12H15N5O3/c1-8-10(7-16(2)15-8)14-11(18)3-4-17-6-9(5-13-17)12(19)20/h5-7H,3-4H2,1-2H3,(H,14,18)(H,19,20). The second-order valence-electron chi connectivity index (χ2n) is 4.40. The van der Waals surface area contributed by atoms with E-state index in [1.807, 2.05) is 6.92 Å². The van der Waals surface area contributed by atoms with E-state index < -0.39 is 5.97 Å². The first-order valence-corrected chi connectivity index (χ1v) is 6.01. The molecule has 2 aromatic rings. The lowest BCUT2D eigenvalue weighted by Gasteiger charge is -2.03. The van der Waals surface area contributed by atoms with Gasteiger partial charge < -0.3 is 10.4 Å². The lowest BCUT2D eigenvalue weighted by molar-refractivity contribution is -0.116. The van der Waals surface area contributed by atoms with E-state index in [1.54, 1.807) is 17.9 Å². The Balaban J connectivity index is 1.88. The molecule has 0 aliphatic rings. The average molecular weight is 277 g/mol. The molecule has 0 radical (unpaired) electrons. The van der Waals surface area contributed by atoms with Gasteiger partial charge in [-0.15, -0.1) is 0 Å². The second kappa shape index (κ2) is 5.55. The number of rotatable bonds is 5. The summed E-state index contributed by atoms with van der Waals surface area (Å²) in [6.45, 7) is 2.13. The third-order valence-electron chi connectivity index (χ3n) is 2.74. The van der Waals surface area contributed by atoms with Crippen molar-refractivity contribution in [2.24, 2.45) is 7.05 Å². The molecule has 0 spiro atoms. The molecule has 106 valence electrons. The van der Waals surface area contributed by atoms with Crippen LogP contribution in [-0.2, 0) is 18.4 Å². The minimum atomic E-state index is -1.04. The zero-order valence-corrected chi connectivity index (χ0v) is 11.2. The summed E-state index contributed by atoms with van der Waals surface area (Å²) in [5.41, 5.74) is 1.52. The maximum atomic E-state index is 11.8. The van der Waals surface area contributed by atoms with Crippen molar-refractivity contribution in [3.05, 3.63) is 29.8 Å². The lowest BCUT2D eigenvalue weighted by Crippen LogP contribution is -2.15. The highest BCUT2D eigenvalue weighted by Crippen LogP contribution is 2.11. The molecule has 2 rings (SSSR count). The number of carbonyl (C=O) groups is 2. The Hall–Kier alpha value is -2.64. The van der Waals surface area contributed by atoms with Gasteiger partial charge in [-0.25, -0.2) is 4.79 Å². The van der Waals surface area contributed by atoms with Crippen molar-refractivity contribution in [3.8, 4) is 0 Å². The van der Waals surface area contributed by atoms with Crippen molar-refractivity contribution in [3.63, 3.8) is 0 Å². The summed E-state index contributed by atoms with van der Waals surface area (Å²) in [6.07, 6.45) is 4.58. The molecule has 0 fully saturated rings. The van der Waals surface area contributed by atoms with E-state index in [9.17, 15) is 9.59 Å². The number of nitrogens with one attached hydrogen (secondary N) is 1. The van der Waals surface area contributed by atoms with E-state index in [0.29, 0.717) is 12.2 Å². The lowest BCUT2D eigenvalue weighted by atomic mass is 10.3. The van der Waals surface area contributed by atoms with Crippen LogP contribution in [0.2, 0.25) is 0 Å². The second-order valence-corrected chi connectivity index (χ2v) is 4.40. The van der Waals surface area contributed by atoms with Crippen molar-refractivity contribution in [2.75, 3.05) is 5.32 Å². The van der Waals surface area contributed by atoms with Crippen LogP contribution in [0.15, 0.2) is 18.6 Å². The number of aromatic carboxylic acids is 1. The Bertz CT molecular complexity index is 643. The van der Waals surface area contributed by atoms with Gasteiger partial charge in [0.15, 0.2) is 0 Å². The number of carbonyl (C=O) groups excluding carboxylic acids is 1. The van der Waals surface area contributed by atoms with Crippen molar-refractivity contribution >= 4 is 17.6 Å². The molecule has 0 bridgehead atoms. The molecule has 0 atom stereocenters. The normalized spacial score (nSPS) is 10.5. The van der Waals surface area contributed by atoms with Gasteiger partial charge in [-0.2, -0.15) is 10.2 Å². The summed E-state index contributed by atoms with van der Waals surface area (Å²) in [6, 6.07) is 0. The van der Waals surface area contributed by atoms with Gasteiger partial charge in [-0.1, -0.05) is 0 Å². The van der Waals surface area contributed by atoms with Crippen LogP contribution in [0.5, 0.6) is 0 Å². The van der Waals surface area contributed by atoms with Crippen molar-refractivity contribution < 1.29 is 14.7 Å². The zero-order chi connectivity index (χ0) is 14.7. The van der Waals surface area contributed by atoms with E-state index in [2.05, 4.69) is 15.5 Å². The van der Waals surface area contributed by atoms with E-state index in [-0.39, 0.29) is 17.9 Å². The molecule has 0 aliphatic heterocycles. The predicted molar refractivity (Wildman–Crippen MR) is 70.4 cm³/mol. The van der Waals surface area contributed by atoms with Crippen LogP contribution in [0.1, 0.15) is 22.5 Å². The number of hydrogen-bond donors (Lipinski definition) is 2. The molecule has 0 aromatic carbocycles. The molecular weight excluding hydrogens is 262 g/mol. The smallest absolute Gasteiger partial charge is 0.338 e. The minimum absolute atomic E-state index is 0.105. The molecule has 0 saturated carbocycles. The fourth-order valence-corrected chi connectivity index (χ4v) is 1.75. The van der Waals surface area contributed by atoms with E-state index in [1.165, 1.54) is 17.1 Å². The molecule has 8 nitrogen and oxygen atoms in total. The van der Waals surface area contributed by atoms with Gasteiger partial charge in [-0.3, -0.25) is 14.2 Å². The maximum Gasteiger partial charge on any atom is 0.338 e. The summed E-state index contributed by atoms with van der Waals surface area (Å²) in [7, 11) is 1.78. The summed E-state index contributed by atoms with van der Waals surface area (Å²) in [5.74, 6) is -1.21. The molecule has 0 unspecified atom stereocenters. The summed E-state index contributed by atoms with van der Waals surface area (Å²) in [5, 5.41) is 19.5. The summed E-state index contributed by atoms with van der Waals surface area (Å²) >= 11 is 0. The van der Waals surface area contributed by atoms with Crippen LogP contribution in [0.25, 0.3) is 0 Å². The van der Waals surface area contributed by atoms with Crippen LogP contribution in [0.4, 0.5) is 5.69 Å². The Labute approximate surface area is 115 Å². The first-order valence-electron chi connectivity index (χ1n) is 6.01. The molecule has 2 N–H and O–H groups in total. The highest BCUT2D eigenvalue weighted by molar-refractivity contribution is 5.91. The van der Waals surface area contributed by atoms with Gasteiger partial charge in [0, 0.05) is 32.4 Å². The maximum absolute atomic E-state index is 11.8. The number of aryl methyl sites for hydroxylation is 3. The predicted octanol–water partition coefficient (Wildman–Crippen LogP) is 0.652. The molecule has 0 saturated heterocycles. The van der Waals surface area contributed by atoms with Crippen molar-refractivity contribution in [1.29, 1.82) is 0 Å². The minimum Gasteiger partial charge on any atom is -0.478 e. The van der Waals surface area contributed by atoms with Gasteiger partial charge in [-0.05, 0) is 6.92 Å². The average Bonchev–Trinajstić information content (AvgIpc) is 2.94. The molecule has 2 aromatic heterocycles. The third kappa shape index (κ3) is 3.22. The number of aromatic nitrogens is 4. The topological polar surface area (TPSA) is 102 Å². The molecule has 0 aliphatic carbocycles. The van der Waals surface area contributed by atoms with E-state index >= 15 is 0 Å². The number of carboxylic acid groups (broad SMARTS) is 1. The molecule has 8 heteroatoms. The first-order chi connectivity index (χ1) is 9.45. The number of anilines is 1. The first kappa shape index (κ1) is 13.8. The summed E-state index contributed by atoms with van der Waals surface area (Å²) in [4.78, 5) is 22.5. The van der Waals surface area contributed by atoms with Gasteiger partial charge in [0.25, 0.3) is 0 Å². The van der Waals surface area contributed by atoms with Gasteiger partial charge >= 0.3 is 5.97 Å². The monoisotopic (exact) mass is 277 g/mol. The highest BCUT2D eigenvalue weighted by Gasteiger charge is 2.09. The highest BCUT2D eigenvalue weighted by atomic mass is 16.4. The Morgan fingerprint density at radius 2 is 2.15 bits per heavy atom. The fourth-order valence-electron chi connectivity index (χ4n) is 1.75. The molecule has 2 heterocycles. The van der Waals surface area contributed by atoms with Gasteiger partial charge in [0.05, 0.1) is 23.1 Å². The fraction of sp³-hybridized carbons (Fsp3) is 0.333. The zero-order valence-electron chi connectivity index (χ0n) is 11.2. The van der Waals surface area contributed by atoms with Crippen LogP contribution in [0.3, 0.4) is 0 Å². The van der Waals surface area contributed by atoms with Crippen molar-refractivity contribution in [2.45, 2.75) is 19.9 Å². The molecule has 1 amide bonds. The SMILES string of the molecule is Cc1nn(C)cc1NC(=O)CCn1cc(C(=O)O)cn1. The molecular formula is C12H15N5O3. The number of carboxylic acids is 1. The Morgan fingerprint density at radius 1 is 1.40 bits per heavy atom. The van der Waals surface area contributed by atoms with Gasteiger partial charge in [0.1, 0.15) is 0 Å². The largest absolute Gasteiger partial charge is 0.478 e. The number of hydrogen-bond acceptors (Lipinski definition) is 4. The number of nitrogens with zero attached hydrogens (tertiary/aromatic N) is 4. The Kier molecular flexibility index (Phi) is 3.83. The third-order valence-corrected chi connectivity index (χ3v) is 2.74. The van der Waals surface area contributed by atoms with E-state index in [0.717, 1.165) is 5.69 Å². The van der Waals surface area contributed by atoms with Crippen LogP contribution in [0, 0.1) is 6.92 Å². The van der Waals surface area contributed by atoms with Crippen LogP contribution < -0.4 is 5.32 Å². The molecule has 20 heavy (non-hydrogen) atoms. The quantitative estimate of drug-likeness (QED) is 0.835. The van der Waals surface area contributed by atoms with Gasteiger partial charge in [0.2, 0.25) is 5.91 Å². The van der Waals surface area contributed by atoms with Crippen LogP contribution >= 0.6 is 0 Å². The van der Waals surface area contributed by atoms with E-state index in [4.69, 9.17) is 5.11 Å². The summed E-state index contributed by atoms with van der Waals surface area (Å²) < 4.78 is 3.05. The Morgan fingerprint density at radius 3 is 2.70 bits per heavy atom.